The minimum absolute atomic E-state index is 0. The van der Waals surface area contributed by atoms with Crippen LogP contribution >= 0.6 is 24.0 Å². The predicted molar refractivity (Wildman–Crippen MR) is 96.5 cm³/mol. The number of guanidine groups is 1. The van der Waals surface area contributed by atoms with E-state index in [0.29, 0.717) is 18.1 Å². The van der Waals surface area contributed by atoms with Gasteiger partial charge in [-0.15, -0.1) is 24.0 Å². The van der Waals surface area contributed by atoms with E-state index >= 15 is 0 Å². The number of halogens is 4. The SMILES string of the molecule is CCNC(=NCc1ccccc1OCC(F)(F)F)NC(C)C.I. The molecule has 0 atom stereocenters. The fraction of sp³-hybridized carbons (Fsp3) is 0.533. The monoisotopic (exact) mass is 445 g/mol. The van der Waals surface area contributed by atoms with Crippen LogP contribution in [0.1, 0.15) is 26.3 Å². The van der Waals surface area contributed by atoms with Crippen LogP contribution in [0.5, 0.6) is 5.75 Å². The van der Waals surface area contributed by atoms with E-state index in [-0.39, 0.29) is 42.3 Å². The van der Waals surface area contributed by atoms with Gasteiger partial charge < -0.3 is 15.4 Å². The molecule has 8 heteroatoms. The van der Waals surface area contributed by atoms with Crippen molar-refractivity contribution in [1.82, 2.24) is 10.6 Å². The first kappa shape index (κ1) is 21.8. The van der Waals surface area contributed by atoms with Crippen molar-refractivity contribution in [2.75, 3.05) is 13.2 Å². The molecule has 4 nitrogen and oxygen atoms in total. The quantitative estimate of drug-likeness (QED) is 0.399. The van der Waals surface area contributed by atoms with Gasteiger partial charge in [-0.05, 0) is 26.8 Å². The highest BCUT2D eigenvalue weighted by Crippen LogP contribution is 2.22. The van der Waals surface area contributed by atoms with Crippen molar-refractivity contribution in [2.45, 2.75) is 39.5 Å². The predicted octanol–water partition coefficient (Wildman–Crippen LogP) is 3.71. The van der Waals surface area contributed by atoms with Crippen molar-refractivity contribution in [3.05, 3.63) is 29.8 Å². The van der Waals surface area contributed by atoms with Crippen molar-refractivity contribution in [3.63, 3.8) is 0 Å². The molecule has 0 saturated heterocycles. The summed E-state index contributed by atoms with van der Waals surface area (Å²) in [6.07, 6.45) is -4.36. The maximum atomic E-state index is 12.3. The number of rotatable bonds is 6. The smallest absolute Gasteiger partial charge is 0.422 e. The van der Waals surface area contributed by atoms with Crippen molar-refractivity contribution < 1.29 is 17.9 Å². The third kappa shape index (κ3) is 9.52. The Morgan fingerprint density at radius 2 is 1.91 bits per heavy atom. The summed E-state index contributed by atoms with van der Waals surface area (Å²) in [7, 11) is 0. The van der Waals surface area contributed by atoms with Gasteiger partial charge in [0.2, 0.25) is 0 Å². The van der Waals surface area contributed by atoms with Crippen LogP contribution in [0, 0.1) is 0 Å². The number of ether oxygens (including phenoxy) is 1. The largest absolute Gasteiger partial charge is 0.484 e. The molecule has 0 amide bonds. The maximum absolute atomic E-state index is 12.3. The van der Waals surface area contributed by atoms with Gasteiger partial charge in [0.15, 0.2) is 12.6 Å². The van der Waals surface area contributed by atoms with Crippen LogP contribution in [-0.2, 0) is 6.54 Å². The van der Waals surface area contributed by atoms with E-state index in [1.165, 1.54) is 6.07 Å². The van der Waals surface area contributed by atoms with Gasteiger partial charge in [-0.2, -0.15) is 13.2 Å². The van der Waals surface area contributed by atoms with Crippen molar-refractivity contribution >= 4 is 29.9 Å². The minimum atomic E-state index is -4.36. The molecule has 1 rings (SSSR count). The Hall–Kier alpha value is -1.19. The van der Waals surface area contributed by atoms with E-state index in [1.807, 2.05) is 20.8 Å². The summed E-state index contributed by atoms with van der Waals surface area (Å²) < 4.78 is 41.6. The molecule has 0 spiro atoms. The second-order valence-corrected chi connectivity index (χ2v) is 5.01. The van der Waals surface area contributed by atoms with Crippen LogP contribution in [0.3, 0.4) is 0 Å². The van der Waals surface area contributed by atoms with E-state index in [2.05, 4.69) is 15.6 Å². The zero-order valence-electron chi connectivity index (χ0n) is 13.4. The van der Waals surface area contributed by atoms with Crippen LogP contribution in [-0.4, -0.2) is 31.3 Å². The van der Waals surface area contributed by atoms with Gasteiger partial charge in [0, 0.05) is 18.2 Å². The number of hydrogen-bond donors (Lipinski definition) is 2. The molecule has 2 N–H and O–H groups in total. The molecule has 1 aromatic rings. The summed E-state index contributed by atoms with van der Waals surface area (Å²) in [5, 5.41) is 6.22. The van der Waals surface area contributed by atoms with E-state index in [1.54, 1.807) is 18.2 Å². The Kier molecular flexibility index (Phi) is 10.0. The first-order chi connectivity index (χ1) is 10.3. The van der Waals surface area contributed by atoms with E-state index in [4.69, 9.17) is 4.74 Å². The highest BCUT2D eigenvalue weighted by Gasteiger charge is 2.28. The molecule has 1 aromatic carbocycles. The molecule has 0 bridgehead atoms. The Labute approximate surface area is 151 Å². The van der Waals surface area contributed by atoms with Gasteiger partial charge in [-0.3, -0.25) is 0 Å². The minimum Gasteiger partial charge on any atom is -0.484 e. The van der Waals surface area contributed by atoms with Crippen molar-refractivity contribution in [2.24, 2.45) is 4.99 Å². The number of aliphatic imine (C=N–C) groups is 1. The Balaban J connectivity index is 0.00000484. The molecule has 23 heavy (non-hydrogen) atoms. The van der Waals surface area contributed by atoms with Crippen LogP contribution in [0.2, 0.25) is 0 Å². The van der Waals surface area contributed by atoms with Gasteiger partial charge in [-0.1, -0.05) is 18.2 Å². The highest BCUT2D eigenvalue weighted by molar-refractivity contribution is 14.0. The van der Waals surface area contributed by atoms with Crippen LogP contribution in [0.25, 0.3) is 0 Å². The molecule has 0 unspecified atom stereocenters. The van der Waals surface area contributed by atoms with Crippen LogP contribution in [0.15, 0.2) is 29.3 Å². The Morgan fingerprint density at radius 3 is 2.48 bits per heavy atom. The fourth-order valence-electron chi connectivity index (χ4n) is 1.69. The van der Waals surface area contributed by atoms with Crippen molar-refractivity contribution in [3.8, 4) is 5.75 Å². The number of para-hydroxylation sites is 1. The average Bonchev–Trinajstić information content (AvgIpc) is 2.42. The van der Waals surface area contributed by atoms with E-state index in [0.717, 1.165) is 0 Å². The van der Waals surface area contributed by atoms with Gasteiger partial charge >= 0.3 is 6.18 Å². The molecule has 132 valence electrons. The van der Waals surface area contributed by atoms with Gasteiger partial charge in [0.05, 0.1) is 6.54 Å². The third-order valence-electron chi connectivity index (χ3n) is 2.54. The standard InChI is InChI=1S/C15H22F3N3O.HI/c1-4-19-14(21-11(2)3)20-9-12-7-5-6-8-13(12)22-10-15(16,17)18;/h5-8,11H,4,9-10H2,1-3H3,(H2,19,20,21);1H. The zero-order valence-corrected chi connectivity index (χ0v) is 15.7. The Morgan fingerprint density at radius 1 is 1.26 bits per heavy atom. The summed E-state index contributed by atoms with van der Waals surface area (Å²) in [6.45, 7) is 5.53. The summed E-state index contributed by atoms with van der Waals surface area (Å²) in [4.78, 5) is 4.36. The topological polar surface area (TPSA) is 45.7 Å². The second-order valence-electron chi connectivity index (χ2n) is 5.01. The molecule has 0 aliphatic carbocycles. The van der Waals surface area contributed by atoms with E-state index in [9.17, 15) is 13.2 Å². The molecule has 0 fully saturated rings. The van der Waals surface area contributed by atoms with Crippen molar-refractivity contribution in [1.29, 1.82) is 0 Å². The number of alkyl halides is 3. The summed E-state index contributed by atoms with van der Waals surface area (Å²) in [6, 6.07) is 6.80. The number of nitrogens with one attached hydrogen (secondary N) is 2. The molecule has 0 heterocycles. The fourth-order valence-corrected chi connectivity index (χ4v) is 1.69. The highest BCUT2D eigenvalue weighted by atomic mass is 127. The molecular formula is C15H23F3IN3O. The first-order valence-corrected chi connectivity index (χ1v) is 7.14. The summed E-state index contributed by atoms with van der Waals surface area (Å²) in [5.41, 5.74) is 0.604. The van der Waals surface area contributed by atoms with Gasteiger partial charge in [0.1, 0.15) is 5.75 Å². The Bertz CT molecular complexity index is 493. The zero-order chi connectivity index (χ0) is 16.6. The van der Waals surface area contributed by atoms with Gasteiger partial charge in [0.25, 0.3) is 0 Å². The van der Waals surface area contributed by atoms with E-state index < -0.39 is 12.8 Å². The first-order valence-electron chi connectivity index (χ1n) is 7.14. The lowest BCUT2D eigenvalue weighted by Crippen LogP contribution is -2.41. The maximum Gasteiger partial charge on any atom is 0.422 e. The molecule has 0 aliphatic rings. The lowest BCUT2D eigenvalue weighted by atomic mass is 10.2. The normalized spacial score (nSPS) is 11.9. The third-order valence-corrected chi connectivity index (χ3v) is 2.54. The lowest BCUT2D eigenvalue weighted by molar-refractivity contribution is -0.153. The lowest BCUT2D eigenvalue weighted by Gasteiger charge is -2.15. The number of hydrogen-bond acceptors (Lipinski definition) is 2. The summed E-state index contributed by atoms with van der Waals surface area (Å²) >= 11 is 0. The molecular weight excluding hydrogens is 422 g/mol. The number of nitrogens with zero attached hydrogens (tertiary/aromatic N) is 1. The molecule has 0 saturated carbocycles. The second kappa shape index (κ2) is 10.6. The number of benzene rings is 1. The molecule has 0 radical (unpaired) electrons. The van der Waals surface area contributed by atoms with Gasteiger partial charge in [-0.25, -0.2) is 4.99 Å². The molecule has 0 aliphatic heterocycles. The molecule has 0 aromatic heterocycles. The van der Waals surface area contributed by atoms with Crippen LogP contribution in [0.4, 0.5) is 13.2 Å². The average molecular weight is 445 g/mol. The van der Waals surface area contributed by atoms with Crippen LogP contribution < -0.4 is 15.4 Å². The summed E-state index contributed by atoms with van der Waals surface area (Å²) in [5.74, 6) is 0.812.